The summed E-state index contributed by atoms with van der Waals surface area (Å²) < 4.78 is 30.3. The summed E-state index contributed by atoms with van der Waals surface area (Å²) in [6.45, 7) is 2.29. The second kappa shape index (κ2) is 5.09. The average Bonchev–Trinajstić information content (AvgIpc) is 2.19. The lowest BCUT2D eigenvalue weighted by Crippen LogP contribution is -2.26. The van der Waals surface area contributed by atoms with Gasteiger partial charge in [0.1, 0.15) is 6.73 Å². The molecule has 0 saturated carbocycles. The van der Waals surface area contributed by atoms with E-state index in [2.05, 4.69) is 4.72 Å². The molecule has 0 atom stereocenters. The molecule has 1 rings (SSSR count). The minimum Gasteiger partial charge on any atom is -0.366 e. The lowest BCUT2D eigenvalue weighted by atomic mass is 10.4. The highest BCUT2D eigenvalue weighted by molar-refractivity contribution is 7.89. The van der Waals surface area contributed by atoms with Crippen LogP contribution in [0.2, 0.25) is 0 Å². The summed E-state index contributed by atoms with van der Waals surface area (Å²) in [5.74, 6) is 0. The predicted octanol–water partition coefficient (Wildman–Crippen LogP) is 0.959. The van der Waals surface area contributed by atoms with Crippen LogP contribution in [0.5, 0.6) is 0 Å². The molecule has 14 heavy (non-hydrogen) atoms. The smallest absolute Gasteiger partial charge is 0.242 e. The standard InChI is InChI=1S/C9H13NO3S/c1-2-13-8-10-14(11,12)9-6-4-3-5-7-9/h3-7,10H,2,8H2,1H3. The zero-order chi connectivity index (χ0) is 10.4. The molecule has 0 saturated heterocycles. The molecule has 1 aromatic rings. The van der Waals surface area contributed by atoms with Crippen LogP contribution in [-0.4, -0.2) is 21.8 Å². The fraction of sp³-hybridized carbons (Fsp3) is 0.333. The van der Waals surface area contributed by atoms with Crippen LogP contribution in [0.4, 0.5) is 0 Å². The van der Waals surface area contributed by atoms with Crippen LogP contribution in [0.1, 0.15) is 6.92 Å². The summed E-state index contributed by atoms with van der Waals surface area (Å²) in [5, 5.41) is 0. The Morgan fingerprint density at radius 1 is 1.29 bits per heavy atom. The quantitative estimate of drug-likeness (QED) is 0.588. The first-order valence-electron chi connectivity index (χ1n) is 4.29. The van der Waals surface area contributed by atoms with E-state index in [1.165, 1.54) is 12.1 Å². The molecule has 5 heteroatoms. The third-order valence-electron chi connectivity index (χ3n) is 1.61. The Bertz CT molecular complexity index is 361. The molecule has 1 aromatic carbocycles. The molecule has 0 amide bonds. The van der Waals surface area contributed by atoms with E-state index in [4.69, 9.17) is 4.74 Å². The van der Waals surface area contributed by atoms with Gasteiger partial charge in [-0.05, 0) is 19.1 Å². The van der Waals surface area contributed by atoms with Crippen molar-refractivity contribution < 1.29 is 13.2 Å². The van der Waals surface area contributed by atoms with Gasteiger partial charge in [-0.15, -0.1) is 0 Å². The first-order chi connectivity index (χ1) is 6.67. The Morgan fingerprint density at radius 3 is 2.50 bits per heavy atom. The van der Waals surface area contributed by atoms with E-state index in [0.29, 0.717) is 6.61 Å². The Hall–Kier alpha value is -0.910. The van der Waals surface area contributed by atoms with E-state index < -0.39 is 10.0 Å². The number of ether oxygens (including phenoxy) is 1. The molecule has 0 heterocycles. The number of sulfonamides is 1. The molecule has 0 bridgehead atoms. The summed E-state index contributed by atoms with van der Waals surface area (Å²) >= 11 is 0. The Morgan fingerprint density at radius 2 is 1.93 bits per heavy atom. The molecule has 0 aromatic heterocycles. The molecular weight excluding hydrogens is 202 g/mol. The maximum Gasteiger partial charge on any atom is 0.242 e. The van der Waals surface area contributed by atoms with Gasteiger partial charge in [-0.25, -0.2) is 8.42 Å². The lowest BCUT2D eigenvalue weighted by Gasteiger charge is -2.05. The summed E-state index contributed by atoms with van der Waals surface area (Å²) in [7, 11) is -3.41. The van der Waals surface area contributed by atoms with Crippen LogP contribution in [0, 0.1) is 0 Å². The van der Waals surface area contributed by atoms with Crippen molar-refractivity contribution in [1.29, 1.82) is 0 Å². The van der Waals surface area contributed by atoms with Crippen LogP contribution in [-0.2, 0) is 14.8 Å². The first kappa shape index (κ1) is 11.2. The number of rotatable bonds is 5. The van der Waals surface area contributed by atoms with Gasteiger partial charge in [0.15, 0.2) is 0 Å². The lowest BCUT2D eigenvalue weighted by molar-refractivity contribution is 0.144. The van der Waals surface area contributed by atoms with Crippen molar-refractivity contribution in [2.45, 2.75) is 11.8 Å². The fourth-order valence-electron chi connectivity index (χ4n) is 0.904. The first-order valence-corrected chi connectivity index (χ1v) is 5.77. The second-order valence-electron chi connectivity index (χ2n) is 2.60. The van der Waals surface area contributed by atoms with Gasteiger partial charge >= 0.3 is 0 Å². The third kappa shape index (κ3) is 3.10. The average molecular weight is 215 g/mol. The van der Waals surface area contributed by atoms with Crippen LogP contribution in [0.15, 0.2) is 35.2 Å². The Kier molecular flexibility index (Phi) is 4.06. The molecule has 0 unspecified atom stereocenters. The van der Waals surface area contributed by atoms with Gasteiger partial charge in [-0.3, -0.25) is 0 Å². The Labute approximate surface area is 84.0 Å². The molecule has 78 valence electrons. The van der Waals surface area contributed by atoms with E-state index in [-0.39, 0.29) is 11.6 Å². The van der Waals surface area contributed by atoms with Crippen LogP contribution in [0.25, 0.3) is 0 Å². The maximum atomic E-state index is 11.5. The molecule has 0 aliphatic rings. The van der Waals surface area contributed by atoms with E-state index >= 15 is 0 Å². The monoisotopic (exact) mass is 215 g/mol. The van der Waals surface area contributed by atoms with E-state index in [9.17, 15) is 8.42 Å². The van der Waals surface area contributed by atoms with Crippen LogP contribution >= 0.6 is 0 Å². The molecule has 0 aliphatic carbocycles. The topological polar surface area (TPSA) is 55.4 Å². The summed E-state index contributed by atoms with van der Waals surface area (Å²) in [5.41, 5.74) is 0. The van der Waals surface area contributed by atoms with Crippen molar-refractivity contribution in [1.82, 2.24) is 4.72 Å². The summed E-state index contributed by atoms with van der Waals surface area (Å²) in [6.07, 6.45) is 0. The molecule has 0 spiro atoms. The predicted molar refractivity (Wildman–Crippen MR) is 53.3 cm³/mol. The Balaban J connectivity index is 2.67. The molecular formula is C9H13NO3S. The van der Waals surface area contributed by atoms with Crippen molar-refractivity contribution in [3.8, 4) is 0 Å². The molecule has 0 fully saturated rings. The number of nitrogens with one attached hydrogen (secondary N) is 1. The normalized spacial score (nSPS) is 11.5. The minimum atomic E-state index is -3.41. The molecule has 4 nitrogen and oxygen atoms in total. The number of hydrogen-bond donors (Lipinski definition) is 1. The van der Waals surface area contributed by atoms with Crippen molar-refractivity contribution in [2.75, 3.05) is 13.3 Å². The highest BCUT2D eigenvalue weighted by Gasteiger charge is 2.11. The van der Waals surface area contributed by atoms with E-state index in [0.717, 1.165) is 0 Å². The van der Waals surface area contributed by atoms with Crippen LogP contribution < -0.4 is 4.72 Å². The second-order valence-corrected chi connectivity index (χ2v) is 4.36. The number of benzene rings is 1. The fourth-order valence-corrected chi connectivity index (χ4v) is 1.82. The van der Waals surface area contributed by atoms with Crippen molar-refractivity contribution in [3.63, 3.8) is 0 Å². The zero-order valence-electron chi connectivity index (χ0n) is 7.93. The van der Waals surface area contributed by atoms with Gasteiger partial charge < -0.3 is 4.74 Å². The van der Waals surface area contributed by atoms with Crippen molar-refractivity contribution in [2.24, 2.45) is 0 Å². The number of hydrogen-bond acceptors (Lipinski definition) is 3. The molecule has 1 N–H and O–H groups in total. The SMILES string of the molecule is CCOCNS(=O)(=O)c1ccccc1. The summed E-state index contributed by atoms with van der Waals surface area (Å²) in [6, 6.07) is 8.19. The maximum absolute atomic E-state index is 11.5. The largest absolute Gasteiger partial charge is 0.366 e. The molecule has 0 aliphatic heterocycles. The van der Waals surface area contributed by atoms with Crippen molar-refractivity contribution >= 4 is 10.0 Å². The van der Waals surface area contributed by atoms with Gasteiger partial charge in [-0.2, -0.15) is 4.72 Å². The van der Waals surface area contributed by atoms with E-state index in [1.807, 2.05) is 0 Å². The minimum absolute atomic E-state index is 0.00767. The van der Waals surface area contributed by atoms with Gasteiger partial charge in [0, 0.05) is 6.61 Å². The van der Waals surface area contributed by atoms with Gasteiger partial charge in [-0.1, -0.05) is 18.2 Å². The van der Waals surface area contributed by atoms with Crippen molar-refractivity contribution in [3.05, 3.63) is 30.3 Å². The van der Waals surface area contributed by atoms with Gasteiger partial charge in [0.05, 0.1) is 4.90 Å². The summed E-state index contributed by atoms with van der Waals surface area (Å²) in [4.78, 5) is 0.250. The third-order valence-corrected chi connectivity index (χ3v) is 3.00. The van der Waals surface area contributed by atoms with Crippen LogP contribution in [0.3, 0.4) is 0 Å². The van der Waals surface area contributed by atoms with E-state index in [1.54, 1.807) is 25.1 Å². The highest BCUT2D eigenvalue weighted by Crippen LogP contribution is 2.06. The molecule has 0 radical (unpaired) electrons. The highest BCUT2D eigenvalue weighted by atomic mass is 32.2. The zero-order valence-corrected chi connectivity index (χ0v) is 8.75. The van der Waals surface area contributed by atoms with Gasteiger partial charge in [0.2, 0.25) is 10.0 Å². The van der Waals surface area contributed by atoms with Gasteiger partial charge in [0.25, 0.3) is 0 Å².